The van der Waals surface area contributed by atoms with Gasteiger partial charge in [0.2, 0.25) is 17.0 Å². The van der Waals surface area contributed by atoms with Crippen LogP contribution in [0.2, 0.25) is 0 Å². The molecule has 0 saturated carbocycles. The zero-order valence-electron chi connectivity index (χ0n) is 19.6. The maximum atomic E-state index is 13.3. The molecule has 1 aliphatic rings. The summed E-state index contributed by atoms with van der Waals surface area (Å²) in [5.74, 6) is 1.28. The fourth-order valence-corrected chi connectivity index (χ4v) is 4.69. The SMILES string of the molecule is COc1ccc(CC(=O)N2CCN(c3ccc(OS(=O)c4cccc(F)c4)cc3)CC2)cc1OC. The molecule has 9 heteroatoms. The van der Waals surface area contributed by atoms with E-state index in [0.717, 1.165) is 11.3 Å². The number of carbonyl (C=O) groups is 1. The van der Waals surface area contributed by atoms with Gasteiger partial charge in [0.25, 0.3) is 0 Å². The van der Waals surface area contributed by atoms with Gasteiger partial charge in [0.05, 0.1) is 25.5 Å². The summed E-state index contributed by atoms with van der Waals surface area (Å²) in [5, 5.41) is 0. The number of nitrogens with zero attached hydrogens (tertiary/aromatic N) is 2. The first kappa shape index (κ1) is 24.5. The number of benzene rings is 3. The highest BCUT2D eigenvalue weighted by molar-refractivity contribution is 7.80. The third-order valence-electron chi connectivity index (χ3n) is 5.80. The molecule has 3 aromatic rings. The van der Waals surface area contributed by atoms with Crippen molar-refractivity contribution in [2.75, 3.05) is 45.3 Å². The van der Waals surface area contributed by atoms with Crippen LogP contribution >= 0.6 is 0 Å². The largest absolute Gasteiger partial charge is 0.493 e. The Labute approximate surface area is 206 Å². The number of piperazine rings is 1. The number of anilines is 1. The average Bonchev–Trinajstić information content (AvgIpc) is 2.89. The molecule has 4 rings (SSSR count). The maximum absolute atomic E-state index is 13.3. The number of halogens is 1. The Morgan fingerprint density at radius 2 is 1.63 bits per heavy atom. The van der Waals surface area contributed by atoms with Gasteiger partial charge in [-0.3, -0.25) is 4.79 Å². The smallest absolute Gasteiger partial charge is 0.240 e. The average molecular weight is 499 g/mol. The van der Waals surface area contributed by atoms with Crippen LogP contribution in [0.5, 0.6) is 17.2 Å². The zero-order chi connectivity index (χ0) is 24.8. The van der Waals surface area contributed by atoms with Crippen molar-refractivity contribution < 1.29 is 27.1 Å². The van der Waals surface area contributed by atoms with Crippen LogP contribution in [-0.4, -0.2) is 55.4 Å². The Hall–Kier alpha value is -3.59. The van der Waals surface area contributed by atoms with Gasteiger partial charge in [0.15, 0.2) is 11.5 Å². The standard InChI is InChI=1S/C26H27FN2O5S/c1-32-24-11-6-19(16-25(24)33-2)17-26(30)29-14-12-28(13-15-29)21-7-9-22(10-8-21)34-35(31)23-5-3-4-20(27)18-23/h3-11,16,18H,12-15,17H2,1-2H3. The minimum atomic E-state index is -1.80. The van der Waals surface area contributed by atoms with E-state index in [1.54, 1.807) is 38.5 Å². The second-order valence-corrected chi connectivity index (χ2v) is 9.11. The van der Waals surface area contributed by atoms with Crippen LogP contribution in [-0.2, 0) is 22.3 Å². The van der Waals surface area contributed by atoms with Crippen molar-refractivity contribution >= 4 is 22.7 Å². The van der Waals surface area contributed by atoms with Crippen LogP contribution in [0.15, 0.2) is 71.6 Å². The molecule has 1 heterocycles. The molecule has 1 atom stereocenters. The molecule has 0 radical (unpaired) electrons. The van der Waals surface area contributed by atoms with Crippen molar-refractivity contribution in [3.63, 3.8) is 0 Å². The molecule has 1 fully saturated rings. The molecule has 0 N–H and O–H groups in total. The molecule has 1 unspecified atom stereocenters. The molecule has 0 aliphatic carbocycles. The van der Waals surface area contributed by atoms with Crippen LogP contribution in [0, 0.1) is 5.82 Å². The van der Waals surface area contributed by atoms with Gasteiger partial charge in [0.1, 0.15) is 11.6 Å². The van der Waals surface area contributed by atoms with Gasteiger partial charge in [-0.05, 0) is 60.2 Å². The third-order valence-corrected chi connectivity index (χ3v) is 6.78. The van der Waals surface area contributed by atoms with Gasteiger partial charge in [-0.15, -0.1) is 0 Å². The summed E-state index contributed by atoms with van der Waals surface area (Å²) in [5.41, 5.74) is 1.86. The normalized spacial score (nSPS) is 14.4. The predicted molar refractivity (Wildman–Crippen MR) is 132 cm³/mol. The lowest BCUT2D eigenvalue weighted by Crippen LogP contribution is -2.49. The molecule has 35 heavy (non-hydrogen) atoms. The van der Waals surface area contributed by atoms with E-state index in [0.29, 0.717) is 49.8 Å². The number of amides is 1. The Kier molecular flexibility index (Phi) is 7.87. The molecule has 0 spiro atoms. The predicted octanol–water partition coefficient (Wildman–Crippen LogP) is 3.84. The van der Waals surface area contributed by atoms with Crippen LogP contribution in [0.1, 0.15) is 5.56 Å². The minimum Gasteiger partial charge on any atom is -0.493 e. The molecule has 184 valence electrons. The fourth-order valence-electron chi connectivity index (χ4n) is 3.91. The molecule has 1 amide bonds. The highest BCUT2D eigenvalue weighted by atomic mass is 32.2. The number of rotatable bonds is 8. The molecule has 1 aliphatic heterocycles. The third kappa shape index (κ3) is 6.10. The number of hydrogen-bond acceptors (Lipinski definition) is 6. The quantitative estimate of drug-likeness (QED) is 0.470. The molecule has 3 aromatic carbocycles. The topological polar surface area (TPSA) is 68.3 Å². The summed E-state index contributed by atoms with van der Waals surface area (Å²) in [6, 6.07) is 18.3. The van der Waals surface area contributed by atoms with E-state index in [1.165, 1.54) is 18.2 Å². The van der Waals surface area contributed by atoms with Crippen molar-refractivity contribution in [3.8, 4) is 17.2 Å². The maximum Gasteiger partial charge on any atom is 0.240 e. The van der Waals surface area contributed by atoms with E-state index in [2.05, 4.69) is 4.90 Å². The lowest BCUT2D eigenvalue weighted by atomic mass is 10.1. The first-order chi connectivity index (χ1) is 17.0. The fraction of sp³-hybridized carbons (Fsp3) is 0.269. The Balaban J connectivity index is 1.30. The monoisotopic (exact) mass is 498 g/mol. The summed E-state index contributed by atoms with van der Waals surface area (Å²) in [6.45, 7) is 2.64. The highest BCUT2D eigenvalue weighted by Gasteiger charge is 2.22. The van der Waals surface area contributed by atoms with Crippen molar-refractivity contribution in [2.45, 2.75) is 11.3 Å². The first-order valence-corrected chi connectivity index (χ1v) is 12.2. The van der Waals surface area contributed by atoms with Gasteiger partial charge in [0, 0.05) is 31.9 Å². The summed E-state index contributed by atoms with van der Waals surface area (Å²) in [7, 11) is 3.15. The summed E-state index contributed by atoms with van der Waals surface area (Å²) in [4.78, 5) is 17.1. The number of methoxy groups -OCH3 is 2. The van der Waals surface area contributed by atoms with Crippen LogP contribution < -0.4 is 18.6 Å². The summed E-state index contributed by atoms with van der Waals surface area (Å²) >= 11 is -1.80. The highest BCUT2D eigenvalue weighted by Crippen LogP contribution is 2.28. The van der Waals surface area contributed by atoms with Gasteiger partial charge in [-0.1, -0.05) is 12.1 Å². The van der Waals surface area contributed by atoms with Crippen LogP contribution in [0.3, 0.4) is 0 Å². The molecular formula is C26H27FN2O5S. The van der Waals surface area contributed by atoms with E-state index in [4.69, 9.17) is 13.7 Å². The zero-order valence-corrected chi connectivity index (χ0v) is 20.4. The minimum absolute atomic E-state index is 0.0699. The Bertz CT molecular complexity index is 1200. The number of hydrogen-bond donors (Lipinski definition) is 0. The van der Waals surface area contributed by atoms with Crippen LogP contribution in [0.4, 0.5) is 10.1 Å². The van der Waals surface area contributed by atoms with Crippen molar-refractivity contribution in [3.05, 3.63) is 78.1 Å². The van der Waals surface area contributed by atoms with Gasteiger partial charge < -0.3 is 23.5 Å². The van der Waals surface area contributed by atoms with Crippen molar-refractivity contribution in [1.82, 2.24) is 4.90 Å². The van der Waals surface area contributed by atoms with E-state index in [1.807, 2.05) is 29.2 Å². The van der Waals surface area contributed by atoms with Crippen LogP contribution in [0.25, 0.3) is 0 Å². The first-order valence-electron chi connectivity index (χ1n) is 11.2. The lowest BCUT2D eigenvalue weighted by molar-refractivity contribution is -0.130. The second kappa shape index (κ2) is 11.2. The van der Waals surface area contributed by atoms with E-state index in [9.17, 15) is 13.4 Å². The molecule has 0 aromatic heterocycles. The molecule has 0 bridgehead atoms. The number of carbonyl (C=O) groups excluding carboxylic acids is 1. The van der Waals surface area contributed by atoms with E-state index >= 15 is 0 Å². The second-order valence-electron chi connectivity index (χ2n) is 8.00. The van der Waals surface area contributed by atoms with Crippen molar-refractivity contribution in [1.29, 1.82) is 0 Å². The van der Waals surface area contributed by atoms with Gasteiger partial charge in [-0.2, -0.15) is 0 Å². The number of ether oxygens (including phenoxy) is 2. The molecular weight excluding hydrogens is 471 g/mol. The Morgan fingerprint density at radius 1 is 0.914 bits per heavy atom. The Morgan fingerprint density at radius 3 is 2.29 bits per heavy atom. The van der Waals surface area contributed by atoms with E-state index in [-0.39, 0.29) is 10.8 Å². The van der Waals surface area contributed by atoms with Gasteiger partial charge >= 0.3 is 0 Å². The summed E-state index contributed by atoms with van der Waals surface area (Å²) in [6.07, 6.45) is 0.300. The van der Waals surface area contributed by atoms with E-state index < -0.39 is 16.9 Å². The lowest BCUT2D eigenvalue weighted by Gasteiger charge is -2.36. The molecule has 7 nitrogen and oxygen atoms in total. The van der Waals surface area contributed by atoms with Gasteiger partial charge in [-0.25, -0.2) is 8.60 Å². The summed E-state index contributed by atoms with van der Waals surface area (Å²) < 4.78 is 41.7. The molecule has 1 saturated heterocycles. The van der Waals surface area contributed by atoms with Crippen molar-refractivity contribution in [2.24, 2.45) is 0 Å².